The molecule has 0 saturated carbocycles. The number of methoxy groups -OCH3 is 1. The highest BCUT2D eigenvalue weighted by Gasteiger charge is 2.23. The molecule has 1 aliphatic rings. The summed E-state index contributed by atoms with van der Waals surface area (Å²) in [7, 11) is 1.74. The van der Waals surface area contributed by atoms with Crippen LogP contribution in [-0.2, 0) is 11.3 Å². The van der Waals surface area contributed by atoms with Gasteiger partial charge in [-0.05, 0) is 19.4 Å². The lowest BCUT2D eigenvalue weighted by Gasteiger charge is -2.31. The lowest BCUT2D eigenvalue weighted by molar-refractivity contribution is 0.182. The van der Waals surface area contributed by atoms with E-state index in [4.69, 9.17) is 4.74 Å². The second kappa shape index (κ2) is 8.08. The predicted octanol–water partition coefficient (Wildman–Crippen LogP) is 2.12. The van der Waals surface area contributed by atoms with Crippen molar-refractivity contribution in [2.24, 2.45) is 0 Å². The Morgan fingerprint density at radius 1 is 1.45 bits per heavy atom. The van der Waals surface area contributed by atoms with E-state index in [-0.39, 0.29) is 0 Å². The molecule has 1 atom stereocenters. The largest absolute Gasteiger partial charge is 0.383 e. The Morgan fingerprint density at radius 2 is 2.35 bits per heavy atom. The van der Waals surface area contributed by atoms with Crippen molar-refractivity contribution in [2.75, 3.05) is 33.4 Å². The number of nitrogens with zero attached hydrogens (tertiary/aromatic N) is 3. The van der Waals surface area contributed by atoms with Crippen molar-refractivity contribution in [1.29, 1.82) is 0 Å². The molecule has 1 aromatic rings. The monoisotopic (exact) mass is 275 g/mol. The van der Waals surface area contributed by atoms with Crippen LogP contribution in [0.4, 0.5) is 0 Å². The molecule has 0 unspecified atom stereocenters. The Hall–Kier alpha value is -1.31. The van der Waals surface area contributed by atoms with E-state index in [0.717, 1.165) is 39.2 Å². The average Bonchev–Trinajstić information content (AvgIpc) is 2.94. The summed E-state index contributed by atoms with van der Waals surface area (Å²) in [6.07, 6.45) is 7.36. The molecule has 0 spiro atoms. The molecule has 1 aliphatic heterocycles. The first kappa shape index (κ1) is 15.1. The summed E-state index contributed by atoms with van der Waals surface area (Å²) in [6, 6.07) is 0. The van der Waals surface area contributed by atoms with Crippen molar-refractivity contribution in [3.63, 3.8) is 0 Å². The van der Waals surface area contributed by atoms with Gasteiger partial charge in [0, 0.05) is 44.9 Å². The summed E-state index contributed by atoms with van der Waals surface area (Å²) in [6.45, 7) is 6.84. The summed E-state index contributed by atoms with van der Waals surface area (Å²) in [4.78, 5) is 7.02. The fourth-order valence-electron chi connectivity index (χ4n) is 2.76. The molecular weight excluding hydrogens is 250 g/mol. The summed E-state index contributed by atoms with van der Waals surface area (Å²) in [5.74, 6) is 8.13. The van der Waals surface area contributed by atoms with Crippen molar-refractivity contribution < 1.29 is 4.74 Å². The molecule has 2 rings (SSSR count). The second-order valence-electron chi connectivity index (χ2n) is 5.25. The minimum absolute atomic E-state index is 0.527. The normalized spacial score (nSPS) is 19.6. The quantitative estimate of drug-likeness (QED) is 0.771. The highest BCUT2D eigenvalue weighted by atomic mass is 16.5. The van der Waals surface area contributed by atoms with Gasteiger partial charge in [-0.1, -0.05) is 12.8 Å². The molecule has 0 aromatic carbocycles. The van der Waals surface area contributed by atoms with Gasteiger partial charge in [0.1, 0.15) is 5.82 Å². The van der Waals surface area contributed by atoms with Crippen LogP contribution in [0.5, 0.6) is 0 Å². The summed E-state index contributed by atoms with van der Waals surface area (Å²) in [5, 5.41) is 0. The average molecular weight is 275 g/mol. The zero-order chi connectivity index (χ0) is 14.2. The van der Waals surface area contributed by atoms with Crippen LogP contribution in [0.1, 0.15) is 37.9 Å². The van der Waals surface area contributed by atoms with Crippen molar-refractivity contribution in [3.8, 4) is 11.8 Å². The third-order valence-corrected chi connectivity index (χ3v) is 3.76. The highest BCUT2D eigenvalue weighted by molar-refractivity contribution is 5.06. The van der Waals surface area contributed by atoms with Crippen LogP contribution < -0.4 is 0 Å². The minimum Gasteiger partial charge on any atom is -0.383 e. The first-order chi connectivity index (χ1) is 9.85. The molecule has 0 radical (unpaired) electrons. The minimum atomic E-state index is 0.527. The molecule has 4 nitrogen and oxygen atoms in total. The van der Waals surface area contributed by atoms with E-state index in [1.807, 2.05) is 6.20 Å². The maximum atomic E-state index is 5.17. The maximum absolute atomic E-state index is 5.17. The molecule has 0 aliphatic carbocycles. The van der Waals surface area contributed by atoms with Crippen LogP contribution in [0.25, 0.3) is 0 Å². The molecule has 0 bridgehead atoms. The number of imidazole rings is 1. The number of rotatable bonds is 5. The molecule has 2 heterocycles. The standard InChI is InChI=1S/C16H25N3O/c1-3-4-5-9-18-10-6-7-15(14-18)16-17-8-11-19(16)12-13-20-2/h8,11,15H,3,6-7,9-10,12-14H2,1-2H3/t15-/m1/s1. The zero-order valence-electron chi connectivity index (χ0n) is 12.6. The fourth-order valence-corrected chi connectivity index (χ4v) is 2.76. The van der Waals surface area contributed by atoms with Crippen molar-refractivity contribution in [1.82, 2.24) is 14.5 Å². The second-order valence-corrected chi connectivity index (χ2v) is 5.25. The van der Waals surface area contributed by atoms with Gasteiger partial charge in [-0.2, -0.15) is 0 Å². The number of piperidine rings is 1. The Kier molecular flexibility index (Phi) is 6.10. The number of hydrogen-bond acceptors (Lipinski definition) is 3. The maximum Gasteiger partial charge on any atom is 0.113 e. The Balaban J connectivity index is 1.96. The number of hydrogen-bond donors (Lipinski definition) is 0. The molecule has 0 N–H and O–H groups in total. The lowest BCUT2D eigenvalue weighted by atomic mass is 9.97. The smallest absolute Gasteiger partial charge is 0.113 e. The first-order valence-electron chi connectivity index (χ1n) is 7.53. The molecule has 20 heavy (non-hydrogen) atoms. The van der Waals surface area contributed by atoms with Crippen LogP contribution in [0.15, 0.2) is 12.4 Å². The molecule has 4 heteroatoms. The number of likely N-dealkylation sites (tertiary alicyclic amines) is 1. The van der Waals surface area contributed by atoms with Crippen LogP contribution in [0, 0.1) is 11.8 Å². The summed E-state index contributed by atoms with van der Waals surface area (Å²) >= 11 is 0. The van der Waals surface area contributed by atoms with Gasteiger partial charge in [-0.25, -0.2) is 4.98 Å². The molecular formula is C16H25N3O. The molecule has 110 valence electrons. The van der Waals surface area contributed by atoms with E-state index in [0.29, 0.717) is 5.92 Å². The Morgan fingerprint density at radius 3 is 3.15 bits per heavy atom. The molecule has 0 amide bonds. The fraction of sp³-hybridized carbons (Fsp3) is 0.688. The van der Waals surface area contributed by atoms with Crippen LogP contribution in [0.2, 0.25) is 0 Å². The molecule has 1 aromatic heterocycles. The summed E-state index contributed by atoms with van der Waals surface area (Å²) in [5.41, 5.74) is 0. The molecule has 1 fully saturated rings. The molecule has 1 saturated heterocycles. The van der Waals surface area contributed by atoms with Crippen molar-refractivity contribution in [2.45, 2.75) is 38.6 Å². The van der Waals surface area contributed by atoms with Crippen LogP contribution in [0.3, 0.4) is 0 Å². The first-order valence-corrected chi connectivity index (χ1v) is 7.53. The summed E-state index contributed by atoms with van der Waals surface area (Å²) < 4.78 is 7.40. The zero-order valence-corrected chi connectivity index (χ0v) is 12.6. The van der Waals surface area contributed by atoms with Gasteiger partial charge in [-0.15, -0.1) is 5.92 Å². The van der Waals surface area contributed by atoms with Gasteiger partial charge >= 0.3 is 0 Å². The van der Waals surface area contributed by atoms with Crippen LogP contribution in [-0.4, -0.2) is 47.8 Å². The Bertz CT molecular complexity index is 458. The van der Waals surface area contributed by atoms with Crippen molar-refractivity contribution in [3.05, 3.63) is 18.2 Å². The van der Waals surface area contributed by atoms with E-state index in [1.165, 1.54) is 18.7 Å². The van der Waals surface area contributed by atoms with Gasteiger partial charge in [0.15, 0.2) is 0 Å². The number of aromatic nitrogens is 2. The highest BCUT2D eigenvalue weighted by Crippen LogP contribution is 2.25. The van der Waals surface area contributed by atoms with E-state index in [9.17, 15) is 0 Å². The Labute approximate surface area is 122 Å². The van der Waals surface area contributed by atoms with Gasteiger partial charge in [-0.3, -0.25) is 4.90 Å². The van der Waals surface area contributed by atoms with Gasteiger partial charge in [0.2, 0.25) is 0 Å². The lowest BCUT2D eigenvalue weighted by Crippen LogP contribution is -2.35. The van der Waals surface area contributed by atoms with Gasteiger partial charge < -0.3 is 9.30 Å². The van der Waals surface area contributed by atoms with Crippen molar-refractivity contribution >= 4 is 0 Å². The SMILES string of the molecule is CCC#CCN1CCC[C@@H](c2nccn2CCOC)C1. The van der Waals surface area contributed by atoms with E-state index < -0.39 is 0 Å². The van der Waals surface area contributed by atoms with E-state index >= 15 is 0 Å². The van der Waals surface area contributed by atoms with Crippen LogP contribution >= 0.6 is 0 Å². The van der Waals surface area contributed by atoms with Gasteiger partial charge in [0.05, 0.1) is 13.2 Å². The van der Waals surface area contributed by atoms with E-state index in [2.05, 4.69) is 39.4 Å². The van der Waals surface area contributed by atoms with Gasteiger partial charge in [0.25, 0.3) is 0 Å². The topological polar surface area (TPSA) is 30.3 Å². The third-order valence-electron chi connectivity index (χ3n) is 3.76. The van der Waals surface area contributed by atoms with E-state index in [1.54, 1.807) is 7.11 Å². The predicted molar refractivity (Wildman–Crippen MR) is 80.6 cm³/mol. The number of ether oxygens (including phenoxy) is 1. The third kappa shape index (κ3) is 4.09.